The molecule has 1 fully saturated rings. The molecule has 0 radical (unpaired) electrons. The first-order valence-electron chi connectivity index (χ1n) is 14.6. The zero-order valence-electron chi connectivity index (χ0n) is 24.1. The van der Waals surface area contributed by atoms with Crippen LogP contribution in [0.5, 0.6) is 0 Å². The summed E-state index contributed by atoms with van der Waals surface area (Å²) in [6.07, 6.45) is 5.07. The summed E-state index contributed by atoms with van der Waals surface area (Å²) < 4.78 is 5.35. The summed E-state index contributed by atoms with van der Waals surface area (Å²) in [5.74, 6) is -1.56. The van der Waals surface area contributed by atoms with Gasteiger partial charge in [-0.2, -0.15) is 0 Å². The lowest BCUT2D eigenvalue weighted by Crippen LogP contribution is -2.54. The van der Waals surface area contributed by atoms with Gasteiger partial charge in [-0.1, -0.05) is 90.6 Å². The lowest BCUT2D eigenvalue weighted by Gasteiger charge is -2.48. The molecule has 3 aromatic rings. The lowest BCUT2D eigenvalue weighted by atomic mass is 9.76. The average molecular weight is 610 g/mol. The van der Waals surface area contributed by atoms with Crippen LogP contribution in [-0.4, -0.2) is 49.3 Å². The maximum atomic E-state index is 13.9. The summed E-state index contributed by atoms with van der Waals surface area (Å²) >= 11 is 12.7. The highest BCUT2D eigenvalue weighted by atomic mass is 35.5. The van der Waals surface area contributed by atoms with Crippen LogP contribution in [0, 0.1) is 5.92 Å². The second-order valence-corrected chi connectivity index (χ2v) is 11.5. The van der Waals surface area contributed by atoms with Crippen molar-refractivity contribution in [2.75, 3.05) is 20.2 Å². The van der Waals surface area contributed by atoms with Crippen LogP contribution in [0.4, 0.5) is 0 Å². The van der Waals surface area contributed by atoms with Crippen molar-refractivity contribution in [1.82, 2.24) is 10.2 Å². The number of likely N-dealkylation sites (N-methyl/N-ethyl adjacent to an activating group) is 1. The summed E-state index contributed by atoms with van der Waals surface area (Å²) in [6, 6.07) is 21.7. The predicted octanol–water partition coefficient (Wildman–Crippen LogP) is 7.04. The second-order valence-electron chi connectivity index (χ2n) is 10.6. The number of esters is 1. The highest BCUT2D eigenvalue weighted by Gasteiger charge is 2.48. The Morgan fingerprint density at radius 1 is 1.00 bits per heavy atom. The third-order valence-electron chi connectivity index (χ3n) is 8.04. The molecule has 4 atom stereocenters. The van der Waals surface area contributed by atoms with Gasteiger partial charge in [-0.25, -0.2) is 0 Å². The summed E-state index contributed by atoms with van der Waals surface area (Å²) in [5, 5.41) is 3.97. The molecule has 1 aliphatic heterocycles. The first kappa shape index (κ1) is 31.7. The van der Waals surface area contributed by atoms with Gasteiger partial charge in [-0.15, -0.1) is 0 Å². The molecular weight excluding hydrogens is 571 g/mol. The van der Waals surface area contributed by atoms with Gasteiger partial charge in [0, 0.05) is 21.7 Å². The fourth-order valence-corrected chi connectivity index (χ4v) is 6.58. The zero-order valence-corrected chi connectivity index (χ0v) is 25.6. The van der Waals surface area contributed by atoms with E-state index in [1.807, 2.05) is 25.2 Å². The van der Waals surface area contributed by atoms with Crippen molar-refractivity contribution in [3.05, 3.63) is 105 Å². The van der Waals surface area contributed by atoms with E-state index in [-0.39, 0.29) is 24.5 Å². The number of carbonyl (C=O) groups excluding carboxylic acids is 3. The van der Waals surface area contributed by atoms with Crippen LogP contribution in [-0.2, 0) is 20.7 Å². The minimum atomic E-state index is -0.639. The van der Waals surface area contributed by atoms with Crippen molar-refractivity contribution < 1.29 is 19.1 Å². The molecule has 1 saturated carbocycles. The normalized spacial score (nSPS) is 21.5. The van der Waals surface area contributed by atoms with Crippen LogP contribution in [0.25, 0.3) is 0 Å². The van der Waals surface area contributed by atoms with Crippen LogP contribution in [0.2, 0.25) is 10.0 Å². The first-order chi connectivity index (χ1) is 20.4. The van der Waals surface area contributed by atoms with Gasteiger partial charge < -0.3 is 19.7 Å². The molecular formula is C34H38Cl2N2O4. The number of carbonyl (C=O) groups is 3. The summed E-state index contributed by atoms with van der Waals surface area (Å²) in [4.78, 5) is 40.8. The fraction of sp³-hybridized carbons (Fsp3) is 0.382. The Morgan fingerprint density at radius 2 is 1.71 bits per heavy atom. The Kier molecular flexibility index (Phi) is 11.6. The van der Waals surface area contributed by atoms with E-state index in [1.165, 1.54) is 5.56 Å². The van der Waals surface area contributed by atoms with E-state index in [4.69, 9.17) is 27.9 Å². The van der Waals surface area contributed by atoms with E-state index >= 15 is 0 Å². The van der Waals surface area contributed by atoms with E-state index in [0.717, 1.165) is 32.1 Å². The van der Waals surface area contributed by atoms with Crippen LogP contribution in [0.1, 0.15) is 71.6 Å². The highest BCUT2D eigenvalue weighted by Crippen LogP contribution is 2.47. The van der Waals surface area contributed by atoms with Crippen LogP contribution < -0.4 is 5.32 Å². The number of benzene rings is 3. The topological polar surface area (TPSA) is 75.7 Å². The van der Waals surface area contributed by atoms with Gasteiger partial charge in [0.15, 0.2) is 0 Å². The van der Waals surface area contributed by atoms with Crippen molar-refractivity contribution in [1.29, 1.82) is 0 Å². The largest absolute Gasteiger partial charge is 0.466 e. The van der Waals surface area contributed by atoms with Gasteiger partial charge in [-0.3, -0.25) is 9.59 Å². The molecule has 8 heteroatoms. The standard InChI is InChI=1S/C25H25Cl2NO4.C9H13N/c1-2-32-25(31)19-9-5-6-10-22(19)28-23(18-12-11-15(26)13-21(18)27)20(14-29)16-7-3-4-8-17(16)24(28)30;1-10-8-7-9-5-3-2-4-6-9/h3-4,7-8,11-14,19-20,22-23H,2,5-6,9-10H2,1H3;2-6,10H,7-8H2,1H3. The number of fused-ring (bicyclic) bond motifs is 1. The van der Waals surface area contributed by atoms with Crippen molar-refractivity contribution in [2.24, 2.45) is 5.92 Å². The van der Waals surface area contributed by atoms with Gasteiger partial charge in [0.1, 0.15) is 6.29 Å². The lowest BCUT2D eigenvalue weighted by molar-refractivity contribution is -0.152. The summed E-state index contributed by atoms with van der Waals surface area (Å²) in [5.41, 5.74) is 3.20. The number of nitrogens with zero attached hydrogens (tertiary/aromatic N) is 1. The number of ether oxygens (including phenoxy) is 1. The molecule has 2 aliphatic rings. The maximum absolute atomic E-state index is 13.9. The molecule has 3 aromatic carbocycles. The van der Waals surface area contributed by atoms with E-state index in [1.54, 1.807) is 42.2 Å². The number of amides is 1. The Hall–Kier alpha value is -3.19. The minimum Gasteiger partial charge on any atom is -0.466 e. The quantitative estimate of drug-likeness (QED) is 0.219. The van der Waals surface area contributed by atoms with E-state index < -0.39 is 17.9 Å². The van der Waals surface area contributed by atoms with Crippen LogP contribution >= 0.6 is 23.2 Å². The third-order valence-corrected chi connectivity index (χ3v) is 8.60. The van der Waals surface area contributed by atoms with Crippen LogP contribution in [0.3, 0.4) is 0 Å². The highest BCUT2D eigenvalue weighted by molar-refractivity contribution is 6.35. The zero-order chi connectivity index (χ0) is 30.1. The molecule has 6 nitrogen and oxygen atoms in total. The molecule has 1 amide bonds. The SMILES string of the molecule is CCOC(=O)C1CCCCC1N1C(=O)c2ccccc2C(C=O)C1c1ccc(Cl)cc1Cl.CNCCc1ccccc1. The molecule has 1 N–H and O–H groups in total. The minimum absolute atomic E-state index is 0.198. The smallest absolute Gasteiger partial charge is 0.311 e. The second kappa shape index (κ2) is 15.3. The van der Waals surface area contributed by atoms with Crippen LogP contribution in [0.15, 0.2) is 72.8 Å². The summed E-state index contributed by atoms with van der Waals surface area (Å²) in [7, 11) is 1.98. The number of nitrogens with one attached hydrogen (secondary N) is 1. The van der Waals surface area contributed by atoms with Crippen molar-refractivity contribution in [3.63, 3.8) is 0 Å². The molecule has 42 heavy (non-hydrogen) atoms. The van der Waals surface area contributed by atoms with E-state index in [0.29, 0.717) is 39.6 Å². The summed E-state index contributed by atoms with van der Waals surface area (Å²) in [6.45, 7) is 3.11. The van der Waals surface area contributed by atoms with Gasteiger partial charge in [0.2, 0.25) is 0 Å². The molecule has 1 aliphatic carbocycles. The van der Waals surface area contributed by atoms with E-state index in [2.05, 4.69) is 29.6 Å². The number of halogens is 2. The first-order valence-corrected chi connectivity index (χ1v) is 15.3. The molecule has 5 rings (SSSR count). The van der Waals surface area contributed by atoms with Gasteiger partial charge >= 0.3 is 5.97 Å². The molecule has 1 heterocycles. The number of hydrogen-bond acceptors (Lipinski definition) is 5. The van der Waals surface area contributed by atoms with Gasteiger partial charge in [0.05, 0.1) is 24.5 Å². The number of aldehydes is 1. The molecule has 0 aromatic heterocycles. The Bertz CT molecular complexity index is 1370. The number of hydrogen-bond donors (Lipinski definition) is 1. The van der Waals surface area contributed by atoms with Crippen molar-refractivity contribution in [2.45, 2.75) is 57.0 Å². The monoisotopic (exact) mass is 608 g/mol. The average Bonchev–Trinajstić information content (AvgIpc) is 3.01. The molecule has 0 saturated heterocycles. The molecule has 222 valence electrons. The Labute approximate surface area is 258 Å². The van der Waals surface area contributed by atoms with Crippen molar-refractivity contribution in [3.8, 4) is 0 Å². The van der Waals surface area contributed by atoms with Crippen molar-refractivity contribution >= 4 is 41.4 Å². The molecule has 4 unspecified atom stereocenters. The maximum Gasteiger partial charge on any atom is 0.311 e. The van der Waals surface area contributed by atoms with Gasteiger partial charge in [-0.05, 0) is 74.7 Å². The molecule has 0 spiro atoms. The Balaban J connectivity index is 0.000000343. The predicted molar refractivity (Wildman–Crippen MR) is 167 cm³/mol. The number of rotatable bonds is 8. The van der Waals surface area contributed by atoms with Gasteiger partial charge in [0.25, 0.3) is 5.91 Å². The third kappa shape index (κ3) is 7.23. The fourth-order valence-electron chi connectivity index (χ4n) is 6.06. The molecule has 0 bridgehead atoms. The Morgan fingerprint density at radius 3 is 2.40 bits per heavy atom. The van der Waals surface area contributed by atoms with E-state index in [9.17, 15) is 14.4 Å².